The molecule has 8 heteroatoms. The third kappa shape index (κ3) is 4.70. The molecule has 1 aromatic carbocycles. The summed E-state index contributed by atoms with van der Waals surface area (Å²) in [6.07, 6.45) is 0. The first kappa shape index (κ1) is 15.7. The lowest BCUT2D eigenvalue weighted by molar-refractivity contribution is -0.155. The van der Waals surface area contributed by atoms with E-state index in [1.807, 2.05) is 0 Å². The predicted octanol–water partition coefficient (Wildman–Crippen LogP) is 2.06. The fraction of sp³-hybridized carbons (Fsp3) is 0.273. The minimum atomic E-state index is -2.02. The van der Waals surface area contributed by atoms with Gasteiger partial charge < -0.3 is 20.8 Å². The van der Waals surface area contributed by atoms with E-state index in [1.165, 1.54) is 6.07 Å². The fourth-order valence-electron chi connectivity index (χ4n) is 1.09. The van der Waals surface area contributed by atoms with Crippen LogP contribution in [0.2, 0.25) is 5.02 Å². The summed E-state index contributed by atoms with van der Waals surface area (Å²) in [7, 11) is 0. The first-order valence-corrected chi connectivity index (χ1v) is 6.35. The summed E-state index contributed by atoms with van der Waals surface area (Å²) < 4.78 is 0.622. The van der Waals surface area contributed by atoms with Crippen LogP contribution in [0, 0.1) is 0 Å². The van der Waals surface area contributed by atoms with E-state index in [2.05, 4.69) is 26.6 Å². The summed E-state index contributed by atoms with van der Waals surface area (Å²) >= 11 is 9.01. The van der Waals surface area contributed by atoms with E-state index in [9.17, 15) is 14.7 Å². The molecular formula is C11H12BrClN2O4. The zero-order valence-electron chi connectivity index (χ0n) is 9.91. The zero-order valence-corrected chi connectivity index (χ0v) is 12.2. The normalized spacial score (nSPS) is 13.5. The third-order valence-corrected chi connectivity index (χ3v) is 3.16. The number of anilines is 1. The number of benzene rings is 1. The van der Waals surface area contributed by atoms with Crippen molar-refractivity contribution in [2.45, 2.75) is 12.5 Å². The maximum atomic E-state index is 11.6. The Labute approximate surface area is 122 Å². The van der Waals surface area contributed by atoms with E-state index in [0.29, 0.717) is 15.2 Å². The van der Waals surface area contributed by atoms with Gasteiger partial charge in [-0.1, -0.05) is 11.6 Å². The molecule has 0 bridgehead atoms. The van der Waals surface area contributed by atoms with Crippen LogP contribution in [-0.4, -0.2) is 34.4 Å². The molecule has 2 amide bonds. The molecular weight excluding hydrogens is 339 g/mol. The van der Waals surface area contributed by atoms with Gasteiger partial charge in [0, 0.05) is 9.50 Å². The van der Waals surface area contributed by atoms with Crippen molar-refractivity contribution in [3.63, 3.8) is 0 Å². The molecule has 1 aromatic rings. The molecule has 0 aromatic heterocycles. The number of nitrogens with one attached hydrogen (secondary N) is 2. The molecule has 0 aliphatic rings. The van der Waals surface area contributed by atoms with Crippen LogP contribution in [0.5, 0.6) is 0 Å². The number of carbonyl (C=O) groups is 2. The standard InChI is InChI=1S/C11H12BrClN2O4/c1-11(19,9(16)17)5-14-10(18)15-8-4-6(13)2-3-7(8)12/h2-4,19H,5H2,1H3,(H,16,17)(H2,14,15,18). The lowest BCUT2D eigenvalue weighted by Gasteiger charge is -2.18. The second kappa shape index (κ2) is 6.23. The Morgan fingerprint density at radius 2 is 2.11 bits per heavy atom. The molecule has 1 atom stereocenters. The number of aliphatic hydroxyl groups is 1. The molecule has 19 heavy (non-hydrogen) atoms. The highest BCUT2D eigenvalue weighted by atomic mass is 79.9. The lowest BCUT2D eigenvalue weighted by atomic mass is 10.1. The summed E-state index contributed by atoms with van der Waals surface area (Å²) in [5.74, 6) is -1.42. The van der Waals surface area contributed by atoms with E-state index in [-0.39, 0.29) is 0 Å². The molecule has 0 aliphatic heterocycles. The van der Waals surface area contributed by atoms with E-state index >= 15 is 0 Å². The number of hydrogen-bond acceptors (Lipinski definition) is 3. The number of amides is 2. The van der Waals surface area contributed by atoms with Crippen LogP contribution in [-0.2, 0) is 4.79 Å². The molecule has 104 valence electrons. The van der Waals surface area contributed by atoms with Gasteiger partial charge in [-0.3, -0.25) is 0 Å². The number of urea groups is 1. The number of aliphatic carboxylic acids is 1. The summed E-state index contributed by atoms with van der Waals surface area (Å²) in [5.41, 5.74) is -1.59. The largest absolute Gasteiger partial charge is 0.479 e. The second-order valence-electron chi connectivity index (χ2n) is 4.01. The average Bonchev–Trinajstić information content (AvgIpc) is 2.31. The number of rotatable bonds is 4. The predicted molar refractivity (Wildman–Crippen MR) is 74.4 cm³/mol. The van der Waals surface area contributed by atoms with E-state index < -0.39 is 24.1 Å². The quantitative estimate of drug-likeness (QED) is 0.667. The molecule has 0 saturated carbocycles. The summed E-state index contributed by atoms with van der Waals surface area (Å²) in [6.45, 7) is 0.664. The van der Waals surface area contributed by atoms with Crippen molar-refractivity contribution in [3.8, 4) is 0 Å². The Morgan fingerprint density at radius 1 is 1.47 bits per heavy atom. The Morgan fingerprint density at radius 3 is 2.68 bits per heavy atom. The highest BCUT2D eigenvalue weighted by Crippen LogP contribution is 2.25. The van der Waals surface area contributed by atoms with Gasteiger partial charge in [-0.2, -0.15) is 0 Å². The average molecular weight is 352 g/mol. The van der Waals surface area contributed by atoms with Crippen LogP contribution in [0.1, 0.15) is 6.92 Å². The number of carboxylic acids is 1. The first-order valence-electron chi connectivity index (χ1n) is 5.18. The van der Waals surface area contributed by atoms with Gasteiger partial charge in [0.25, 0.3) is 0 Å². The van der Waals surface area contributed by atoms with Crippen LogP contribution in [0.4, 0.5) is 10.5 Å². The van der Waals surface area contributed by atoms with E-state index in [1.54, 1.807) is 12.1 Å². The van der Waals surface area contributed by atoms with Crippen molar-refractivity contribution in [1.29, 1.82) is 0 Å². The Hall–Kier alpha value is -1.31. The molecule has 0 heterocycles. The van der Waals surface area contributed by atoms with Crippen molar-refractivity contribution in [1.82, 2.24) is 5.32 Å². The molecule has 1 unspecified atom stereocenters. The maximum Gasteiger partial charge on any atom is 0.337 e. The molecule has 0 fully saturated rings. The van der Waals surface area contributed by atoms with Crippen molar-refractivity contribution >= 4 is 45.2 Å². The van der Waals surface area contributed by atoms with Crippen molar-refractivity contribution in [2.24, 2.45) is 0 Å². The Kier molecular flexibility index (Phi) is 5.16. The number of carbonyl (C=O) groups excluding carboxylic acids is 1. The molecule has 0 saturated heterocycles. The summed E-state index contributed by atoms with van der Waals surface area (Å²) in [6, 6.07) is 4.18. The molecule has 0 aliphatic carbocycles. The molecule has 1 rings (SSSR count). The smallest absolute Gasteiger partial charge is 0.337 e. The van der Waals surface area contributed by atoms with Gasteiger partial charge in [0.15, 0.2) is 5.60 Å². The SMILES string of the molecule is CC(O)(CNC(=O)Nc1cc(Cl)ccc1Br)C(=O)O. The second-order valence-corrected chi connectivity index (χ2v) is 5.30. The molecule has 0 spiro atoms. The molecule has 0 radical (unpaired) electrons. The monoisotopic (exact) mass is 350 g/mol. The first-order chi connectivity index (χ1) is 8.72. The van der Waals surface area contributed by atoms with Gasteiger partial charge in [0.05, 0.1) is 12.2 Å². The van der Waals surface area contributed by atoms with Gasteiger partial charge in [-0.05, 0) is 41.1 Å². The van der Waals surface area contributed by atoms with E-state index in [4.69, 9.17) is 16.7 Å². The van der Waals surface area contributed by atoms with Crippen LogP contribution in [0.3, 0.4) is 0 Å². The molecule has 6 nitrogen and oxygen atoms in total. The Bertz CT molecular complexity index is 507. The van der Waals surface area contributed by atoms with Crippen LogP contribution >= 0.6 is 27.5 Å². The van der Waals surface area contributed by atoms with Crippen molar-refractivity contribution in [3.05, 3.63) is 27.7 Å². The van der Waals surface area contributed by atoms with Gasteiger partial charge in [0.2, 0.25) is 0 Å². The minimum Gasteiger partial charge on any atom is -0.479 e. The highest BCUT2D eigenvalue weighted by Gasteiger charge is 2.30. The molecule has 4 N–H and O–H groups in total. The van der Waals surface area contributed by atoms with Crippen molar-refractivity contribution < 1.29 is 19.8 Å². The van der Waals surface area contributed by atoms with Gasteiger partial charge in [0.1, 0.15) is 0 Å². The van der Waals surface area contributed by atoms with Gasteiger partial charge >= 0.3 is 12.0 Å². The minimum absolute atomic E-state index is 0.424. The van der Waals surface area contributed by atoms with Gasteiger partial charge in [-0.15, -0.1) is 0 Å². The van der Waals surface area contributed by atoms with Crippen molar-refractivity contribution in [2.75, 3.05) is 11.9 Å². The highest BCUT2D eigenvalue weighted by molar-refractivity contribution is 9.10. The lowest BCUT2D eigenvalue weighted by Crippen LogP contribution is -2.47. The number of halogens is 2. The topological polar surface area (TPSA) is 98.7 Å². The Balaban J connectivity index is 2.61. The van der Waals surface area contributed by atoms with Gasteiger partial charge in [-0.25, -0.2) is 9.59 Å². The maximum absolute atomic E-state index is 11.6. The zero-order chi connectivity index (χ0) is 14.6. The number of hydrogen-bond donors (Lipinski definition) is 4. The third-order valence-electron chi connectivity index (χ3n) is 2.23. The summed E-state index contributed by atoms with van der Waals surface area (Å²) in [5, 5.41) is 23.3. The van der Waals surface area contributed by atoms with Crippen LogP contribution in [0.15, 0.2) is 22.7 Å². The van der Waals surface area contributed by atoms with Crippen LogP contribution in [0.25, 0.3) is 0 Å². The van der Waals surface area contributed by atoms with Crippen LogP contribution < -0.4 is 10.6 Å². The van der Waals surface area contributed by atoms with E-state index in [0.717, 1.165) is 6.92 Å². The number of carboxylic acid groups (broad SMARTS) is 1. The summed E-state index contributed by atoms with van der Waals surface area (Å²) in [4.78, 5) is 22.2. The fourth-order valence-corrected chi connectivity index (χ4v) is 1.61.